The molecule has 1 aliphatic heterocycles. The first-order valence-corrected chi connectivity index (χ1v) is 8.63. The molecule has 4 N–H and O–H groups in total. The van der Waals surface area contributed by atoms with E-state index in [4.69, 9.17) is 4.74 Å². The van der Waals surface area contributed by atoms with Gasteiger partial charge in [0, 0.05) is 6.04 Å². The van der Waals surface area contributed by atoms with Crippen LogP contribution in [0.3, 0.4) is 0 Å². The van der Waals surface area contributed by atoms with Gasteiger partial charge in [-0.15, -0.1) is 0 Å². The predicted octanol–water partition coefficient (Wildman–Crippen LogP) is 0.182. The van der Waals surface area contributed by atoms with Gasteiger partial charge in [0.2, 0.25) is 0 Å². The highest BCUT2D eigenvalue weighted by Gasteiger charge is 2.53. The number of ether oxygens (including phenoxy) is 1. The van der Waals surface area contributed by atoms with Crippen LogP contribution in [-0.2, 0) is 4.74 Å². The Bertz CT molecular complexity index is 758. The van der Waals surface area contributed by atoms with Crippen LogP contribution in [0.1, 0.15) is 38.8 Å². The van der Waals surface area contributed by atoms with Crippen LogP contribution < -0.4 is 5.32 Å². The van der Waals surface area contributed by atoms with Crippen LogP contribution in [0.2, 0.25) is 0 Å². The SMILES string of the molecule is CC1(O)C(O)C(CO)OC1n1cnc2c(NC3CCCC3)ncnc21. The van der Waals surface area contributed by atoms with E-state index >= 15 is 0 Å². The molecule has 0 aromatic carbocycles. The van der Waals surface area contributed by atoms with Crippen LogP contribution in [-0.4, -0.2) is 65.3 Å². The number of aliphatic hydroxyl groups is 3. The average molecular weight is 349 g/mol. The number of nitrogens with zero attached hydrogens (tertiary/aromatic N) is 4. The number of fused-ring (bicyclic) bond motifs is 1. The van der Waals surface area contributed by atoms with E-state index in [1.165, 1.54) is 32.4 Å². The lowest BCUT2D eigenvalue weighted by atomic mass is 9.96. The summed E-state index contributed by atoms with van der Waals surface area (Å²) in [4.78, 5) is 13.0. The maximum atomic E-state index is 10.7. The van der Waals surface area contributed by atoms with Crippen molar-refractivity contribution in [2.45, 2.75) is 62.7 Å². The minimum Gasteiger partial charge on any atom is -0.394 e. The molecule has 1 saturated carbocycles. The lowest BCUT2D eigenvalue weighted by Crippen LogP contribution is -2.44. The third-order valence-corrected chi connectivity index (χ3v) is 5.24. The van der Waals surface area contributed by atoms with Gasteiger partial charge >= 0.3 is 0 Å². The molecular weight excluding hydrogens is 326 g/mol. The van der Waals surface area contributed by atoms with Crippen molar-refractivity contribution in [2.24, 2.45) is 0 Å². The van der Waals surface area contributed by atoms with Crippen molar-refractivity contribution in [1.29, 1.82) is 0 Å². The Morgan fingerprint density at radius 1 is 1.32 bits per heavy atom. The van der Waals surface area contributed by atoms with Gasteiger partial charge in [0.25, 0.3) is 0 Å². The molecule has 3 heterocycles. The number of rotatable bonds is 4. The van der Waals surface area contributed by atoms with Crippen LogP contribution in [0, 0.1) is 0 Å². The lowest BCUT2D eigenvalue weighted by Gasteiger charge is -2.27. The number of hydrogen-bond acceptors (Lipinski definition) is 8. The van der Waals surface area contributed by atoms with E-state index in [2.05, 4.69) is 20.3 Å². The highest BCUT2D eigenvalue weighted by atomic mass is 16.6. The first kappa shape index (κ1) is 16.6. The van der Waals surface area contributed by atoms with Gasteiger partial charge < -0.3 is 25.4 Å². The molecule has 0 radical (unpaired) electrons. The van der Waals surface area contributed by atoms with Crippen molar-refractivity contribution < 1.29 is 20.1 Å². The normalized spacial score (nSPS) is 33.4. The number of aromatic nitrogens is 4. The molecule has 4 unspecified atom stereocenters. The quantitative estimate of drug-likeness (QED) is 0.616. The fourth-order valence-corrected chi connectivity index (χ4v) is 3.78. The molecule has 2 aliphatic rings. The summed E-state index contributed by atoms with van der Waals surface area (Å²) in [5.74, 6) is 0.660. The van der Waals surface area contributed by atoms with E-state index < -0.39 is 24.0 Å². The van der Waals surface area contributed by atoms with Crippen molar-refractivity contribution in [3.63, 3.8) is 0 Å². The van der Waals surface area contributed by atoms with Gasteiger partial charge in [0.05, 0.1) is 12.9 Å². The van der Waals surface area contributed by atoms with Crippen molar-refractivity contribution in [2.75, 3.05) is 11.9 Å². The van der Waals surface area contributed by atoms with Crippen molar-refractivity contribution >= 4 is 17.0 Å². The zero-order valence-corrected chi connectivity index (χ0v) is 14.0. The van der Waals surface area contributed by atoms with E-state index in [1.807, 2.05) is 0 Å². The second kappa shape index (κ2) is 6.17. The van der Waals surface area contributed by atoms with Gasteiger partial charge in [0.15, 0.2) is 23.2 Å². The molecule has 4 atom stereocenters. The van der Waals surface area contributed by atoms with Crippen LogP contribution in [0.15, 0.2) is 12.7 Å². The molecule has 2 fully saturated rings. The van der Waals surface area contributed by atoms with Crippen LogP contribution in [0.25, 0.3) is 11.2 Å². The predicted molar refractivity (Wildman–Crippen MR) is 88.8 cm³/mol. The summed E-state index contributed by atoms with van der Waals surface area (Å²) < 4.78 is 7.24. The Kier molecular flexibility index (Phi) is 4.11. The number of nitrogens with one attached hydrogen (secondary N) is 1. The Morgan fingerprint density at radius 3 is 2.76 bits per heavy atom. The minimum atomic E-state index is -1.58. The zero-order valence-electron chi connectivity index (χ0n) is 14.0. The molecule has 1 aliphatic carbocycles. The highest BCUT2D eigenvalue weighted by molar-refractivity contribution is 5.82. The lowest BCUT2D eigenvalue weighted by molar-refractivity contribution is -0.0950. The number of hydrogen-bond donors (Lipinski definition) is 4. The summed E-state index contributed by atoms with van der Waals surface area (Å²) in [6.45, 7) is 1.09. The summed E-state index contributed by atoms with van der Waals surface area (Å²) >= 11 is 0. The topological polar surface area (TPSA) is 126 Å². The summed E-state index contributed by atoms with van der Waals surface area (Å²) in [6, 6.07) is 0.384. The van der Waals surface area contributed by atoms with E-state index in [-0.39, 0.29) is 6.61 Å². The third-order valence-electron chi connectivity index (χ3n) is 5.24. The standard InChI is InChI=1S/C16H23N5O4/c1-16(24)12(23)10(6-22)25-15(16)21-8-19-11-13(17-7-18-14(11)21)20-9-4-2-3-5-9/h7-10,12,15,22-24H,2-6H2,1H3,(H,17,18,20). The van der Waals surface area contributed by atoms with E-state index in [1.54, 1.807) is 4.57 Å². The molecule has 1 saturated heterocycles. The highest BCUT2D eigenvalue weighted by Crippen LogP contribution is 2.39. The van der Waals surface area contributed by atoms with Gasteiger partial charge in [-0.2, -0.15) is 0 Å². The number of aliphatic hydroxyl groups excluding tert-OH is 2. The second-order valence-electron chi connectivity index (χ2n) is 7.05. The van der Waals surface area contributed by atoms with E-state index in [0.717, 1.165) is 12.8 Å². The van der Waals surface area contributed by atoms with Gasteiger partial charge in [-0.05, 0) is 19.8 Å². The molecule has 25 heavy (non-hydrogen) atoms. The Hall–Kier alpha value is -1.81. The summed E-state index contributed by atoms with van der Waals surface area (Å²) in [6.07, 6.45) is 4.62. The van der Waals surface area contributed by atoms with Gasteiger partial charge in [-0.3, -0.25) is 4.57 Å². The van der Waals surface area contributed by atoms with Crippen molar-refractivity contribution in [3.05, 3.63) is 12.7 Å². The molecule has 2 aromatic heterocycles. The maximum Gasteiger partial charge on any atom is 0.168 e. The van der Waals surface area contributed by atoms with E-state index in [0.29, 0.717) is 23.0 Å². The van der Waals surface area contributed by atoms with Crippen molar-refractivity contribution in [3.8, 4) is 0 Å². The van der Waals surface area contributed by atoms with Crippen LogP contribution in [0.5, 0.6) is 0 Å². The summed E-state index contributed by atoms with van der Waals surface area (Å²) in [5.41, 5.74) is -0.479. The second-order valence-corrected chi connectivity index (χ2v) is 7.05. The molecule has 0 amide bonds. The molecular formula is C16H23N5O4. The largest absolute Gasteiger partial charge is 0.394 e. The van der Waals surface area contributed by atoms with Gasteiger partial charge in [-0.25, -0.2) is 15.0 Å². The Balaban J connectivity index is 1.69. The minimum absolute atomic E-state index is 0.384. The molecule has 136 valence electrons. The molecule has 0 spiro atoms. The molecule has 9 nitrogen and oxygen atoms in total. The maximum absolute atomic E-state index is 10.7. The van der Waals surface area contributed by atoms with E-state index in [9.17, 15) is 15.3 Å². The Labute approximate surface area is 144 Å². The molecule has 4 rings (SSSR count). The third kappa shape index (κ3) is 2.67. The monoisotopic (exact) mass is 349 g/mol. The first-order valence-electron chi connectivity index (χ1n) is 8.63. The first-order chi connectivity index (χ1) is 12.0. The number of anilines is 1. The Morgan fingerprint density at radius 2 is 2.08 bits per heavy atom. The summed E-state index contributed by atoms with van der Waals surface area (Å²) in [7, 11) is 0. The van der Waals surface area contributed by atoms with Crippen LogP contribution >= 0.6 is 0 Å². The van der Waals surface area contributed by atoms with Crippen LogP contribution in [0.4, 0.5) is 5.82 Å². The summed E-state index contributed by atoms with van der Waals surface area (Å²) in [5, 5.41) is 33.6. The fourth-order valence-electron chi connectivity index (χ4n) is 3.78. The van der Waals surface area contributed by atoms with Gasteiger partial charge in [0.1, 0.15) is 24.1 Å². The van der Waals surface area contributed by atoms with Crippen molar-refractivity contribution in [1.82, 2.24) is 19.5 Å². The fraction of sp³-hybridized carbons (Fsp3) is 0.688. The average Bonchev–Trinajstić information content (AvgIpc) is 3.29. The zero-order chi connectivity index (χ0) is 17.6. The molecule has 9 heteroatoms. The molecule has 0 bridgehead atoms. The number of imidazole rings is 1. The smallest absolute Gasteiger partial charge is 0.168 e. The van der Waals surface area contributed by atoms with Gasteiger partial charge in [-0.1, -0.05) is 12.8 Å². The molecule has 2 aromatic rings.